The van der Waals surface area contributed by atoms with Gasteiger partial charge < -0.3 is 0 Å². The second-order valence-corrected chi connectivity index (χ2v) is 4.00. The van der Waals surface area contributed by atoms with Gasteiger partial charge in [0.2, 0.25) is 0 Å². The minimum absolute atomic E-state index is 0.302. The summed E-state index contributed by atoms with van der Waals surface area (Å²) < 4.78 is 0. The molecule has 0 rings (SSSR count). The fourth-order valence-electron chi connectivity index (χ4n) is 1.44. The molecule has 0 aromatic heterocycles. The van der Waals surface area contributed by atoms with Crippen molar-refractivity contribution >= 4 is 12.1 Å². The molecule has 0 spiro atoms. The van der Waals surface area contributed by atoms with Gasteiger partial charge in [0.1, 0.15) is 6.34 Å². The molecule has 2 heteroatoms. The molecule has 0 atom stereocenters. The number of rotatable bonds is 6. The van der Waals surface area contributed by atoms with E-state index < -0.39 is 0 Å². The van der Waals surface area contributed by atoms with Crippen LogP contribution in [-0.2, 0) is 0 Å². The zero-order valence-corrected chi connectivity index (χ0v) is 11.2. The van der Waals surface area contributed by atoms with Crippen molar-refractivity contribution in [1.29, 1.82) is 0 Å². The topological polar surface area (TPSA) is 24.7 Å². The van der Waals surface area contributed by atoms with Gasteiger partial charge in [0.25, 0.3) is 0 Å². The number of hydrogen-bond acceptors (Lipinski definition) is 1. The van der Waals surface area contributed by atoms with E-state index in [1.165, 1.54) is 11.1 Å². The van der Waals surface area contributed by atoms with E-state index >= 15 is 0 Å². The van der Waals surface area contributed by atoms with Crippen LogP contribution in [0.2, 0.25) is 0 Å². The highest BCUT2D eigenvalue weighted by molar-refractivity contribution is 6.03. The SMILES string of the molecule is C=C/C(CC)=C(C)/C(CC)=N/C=N\C(C)C. The highest BCUT2D eigenvalue weighted by Gasteiger charge is 2.02. The third-order valence-electron chi connectivity index (χ3n) is 2.46. The molecule has 0 N–H and O–H groups in total. The molecule has 0 aliphatic rings. The molecule has 0 bridgehead atoms. The first-order valence-corrected chi connectivity index (χ1v) is 5.97. The number of hydrogen-bond donors (Lipinski definition) is 0. The molecule has 0 saturated heterocycles. The summed E-state index contributed by atoms with van der Waals surface area (Å²) in [5.41, 5.74) is 3.59. The first-order valence-electron chi connectivity index (χ1n) is 5.97. The Morgan fingerprint density at radius 1 is 1.25 bits per heavy atom. The van der Waals surface area contributed by atoms with Crippen molar-refractivity contribution in [3.8, 4) is 0 Å². The van der Waals surface area contributed by atoms with Crippen molar-refractivity contribution in [3.63, 3.8) is 0 Å². The maximum Gasteiger partial charge on any atom is 0.110 e. The molecule has 0 unspecified atom stereocenters. The summed E-state index contributed by atoms with van der Waals surface area (Å²) in [5, 5.41) is 0. The molecule has 0 aromatic rings. The molecule has 16 heavy (non-hydrogen) atoms. The van der Waals surface area contributed by atoms with Crippen LogP contribution in [0.3, 0.4) is 0 Å². The summed E-state index contributed by atoms with van der Waals surface area (Å²) in [6.07, 6.45) is 5.51. The first kappa shape index (κ1) is 14.8. The lowest BCUT2D eigenvalue weighted by atomic mass is 10.0. The Kier molecular flexibility index (Phi) is 7.44. The third kappa shape index (κ3) is 5.06. The van der Waals surface area contributed by atoms with E-state index in [-0.39, 0.29) is 0 Å². The quantitative estimate of drug-likeness (QED) is 0.364. The van der Waals surface area contributed by atoms with Crippen LogP contribution in [0.15, 0.2) is 33.8 Å². The summed E-state index contributed by atoms with van der Waals surface area (Å²) >= 11 is 0. The van der Waals surface area contributed by atoms with Gasteiger partial charge in [0.05, 0.1) is 0 Å². The predicted octanol–water partition coefficient (Wildman–Crippen LogP) is 4.19. The minimum atomic E-state index is 0.302. The van der Waals surface area contributed by atoms with Crippen LogP contribution in [0.25, 0.3) is 0 Å². The van der Waals surface area contributed by atoms with Crippen molar-refractivity contribution in [1.82, 2.24) is 0 Å². The largest absolute Gasteiger partial charge is 0.271 e. The summed E-state index contributed by atoms with van der Waals surface area (Å²) in [6, 6.07) is 0.302. The maximum absolute atomic E-state index is 4.42. The molecular weight excluding hydrogens is 196 g/mol. The zero-order chi connectivity index (χ0) is 12.6. The van der Waals surface area contributed by atoms with E-state index in [4.69, 9.17) is 0 Å². The summed E-state index contributed by atoms with van der Waals surface area (Å²) in [4.78, 5) is 8.66. The standard InChI is InChI=1S/C14H24N2/c1-7-13(8-2)12(6)14(9-3)16-10-15-11(4)5/h7,10-11H,1,8-9H2,2-6H3/b13-12-,15-10-,16-14+. The van der Waals surface area contributed by atoms with E-state index in [2.05, 4.69) is 37.3 Å². The van der Waals surface area contributed by atoms with Gasteiger partial charge in [-0.3, -0.25) is 4.99 Å². The summed E-state index contributed by atoms with van der Waals surface area (Å²) in [5.74, 6) is 0. The van der Waals surface area contributed by atoms with Crippen molar-refractivity contribution < 1.29 is 0 Å². The van der Waals surface area contributed by atoms with Crippen LogP contribution in [0.5, 0.6) is 0 Å². The fourth-order valence-corrected chi connectivity index (χ4v) is 1.44. The molecule has 0 saturated carbocycles. The average Bonchev–Trinajstić information content (AvgIpc) is 2.25. The minimum Gasteiger partial charge on any atom is -0.271 e. The van der Waals surface area contributed by atoms with Gasteiger partial charge in [-0.2, -0.15) is 0 Å². The molecule has 0 aliphatic heterocycles. The van der Waals surface area contributed by atoms with Crippen LogP contribution < -0.4 is 0 Å². The molecular formula is C14H24N2. The van der Waals surface area contributed by atoms with Gasteiger partial charge in [-0.05, 0) is 44.8 Å². The van der Waals surface area contributed by atoms with Gasteiger partial charge >= 0.3 is 0 Å². The van der Waals surface area contributed by atoms with E-state index in [0.717, 1.165) is 18.6 Å². The Balaban J connectivity index is 4.99. The molecule has 0 radical (unpaired) electrons. The molecule has 0 amide bonds. The van der Waals surface area contributed by atoms with E-state index in [9.17, 15) is 0 Å². The Hall–Kier alpha value is -1.18. The Morgan fingerprint density at radius 2 is 1.88 bits per heavy atom. The Bertz CT molecular complexity index is 307. The average molecular weight is 220 g/mol. The molecule has 2 nitrogen and oxygen atoms in total. The summed E-state index contributed by atoms with van der Waals surface area (Å²) in [6.45, 7) is 14.3. The second-order valence-electron chi connectivity index (χ2n) is 4.00. The van der Waals surface area contributed by atoms with E-state index in [1.54, 1.807) is 6.34 Å². The second kappa shape index (κ2) is 8.03. The van der Waals surface area contributed by atoms with E-state index in [0.29, 0.717) is 6.04 Å². The fraction of sp³-hybridized carbons (Fsp3) is 0.571. The number of allylic oxidation sites excluding steroid dienone is 3. The molecule has 0 aliphatic carbocycles. The van der Waals surface area contributed by atoms with Crippen LogP contribution in [0, 0.1) is 0 Å². The smallest absolute Gasteiger partial charge is 0.110 e. The number of aliphatic imine (C=N–C) groups is 2. The van der Waals surface area contributed by atoms with Gasteiger partial charge in [0.15, 0.2) is 0 Å². The highest BCUT2D eigenvalue weighted by Crippen LogP contribution is 2.12. The van der Waals surface area contributed by atoms with Crippen molar-refractivity contribution in [2.75, 3.05) is 0 Å². The Labute approximate surface area is 99.9 Å². The lowest BCUT2D eigenvalue weighted by molar-refractivity contribution is 0.839. The summed E-state index contributed by atoms with van der Waals surface area (Å²) in [7, 11) is 0. The molecule has 0 fully saturated rings. The van der Waals surface area contributed by atoms with Gasteiger partial charge in [0, 0.05) is 11.8 Å². The lowest BCUT2D eigenvalue weighted by Gasteiger charge is -2.07. The normalized spacial score (nSPS) is 14.5. The van der Waals surface area contributed by atoms with Crippen molar-refractivity contribution in [2.24, 2.45) is 9.98 Å². The van der Waals surface area contributed by atoms with Gasteiger partial charge in [-0.25, -0.2) is 4.99 Å². The van der Waals surface area contributed by atoms with Crippen molar-refractivity contribution in [3.05, 3.63) is 23.8 Å². The predicted molar refractivity (Wildman–Crippen MR) is 74.5 cm³/mol. The molecule has 0 aromatic carbocycles. The zero-order valence-electron chi connectivity index (χ0n) is 11.2. The highest BCUT2D eigenvalue weighted by atomic mass is 14.9. The monoisotopic (exact) mass is 220 g/mol. The maximum atomic E-state index is 4.42. The van der Waals surface area contributed by atoms with Crippen LogP contribution >= 0.6 is 0 Å². The lowest BCUT2D eigenvalue weighted by Crippen LogP contribution is -2.02. The molecule has 90 valence electrons. The number of nitrogens with zero attached hydrogens (tertiary/aromatic N) is 2. The van der Waals surface area contributed by atoms with E-state index in [1.807, 2.05) is 19.9 Å². The van der Waals surface area contributed by atoms with Crippen LogP contribution in [0.1, 0.15) is 47.5 Å². The van der Waals surface area contributed by atoms with Crippen LogP contribution in [-0.4, -0.2) is 18.1 Å². The third-order valence-corrected chi connectivity index (χ3v) is 2.46. The molecule has 0 heterocycles. The van der Waals surface area contributed by atoms with Gasteiger partial charge in [-0.1, -0.05) is 26.5 Å². The van der Waals surface area contributed by atoms with Crippen molar-refractivity contribution in [2.45, 2.75) is 53.5 Å². The Morgan fingerprint density at radius 3 is 2.25 bits per heavy atom. The van der Waals surface area contributed by atoms with Gasteiger partial charge in [-0.15, -0.1) is 0 Å². The van der Waals surface area contributed by atoms with Crippen LogP contribution in [0.4, 0.5) is 0 Å². The first-order chi connectivity index (χ1) is 7.56.